The summed E-state index contributed by atoms with van der Waals surface area (Å²) < 4.78 is 0. The number of hydrogen-bond donors (Lipinski definition) is 1. The van der Waals surface area contributed by atoms with Crippen molar-refractivity contribution in [1.82, 2.24) is 0 Å². The second-order valence-electron chi connectivity index (χ2n) is 3.90. The molecule has 0 saturated heterocycles. The molecule has 1 rings (SSSR count). The van der Waals surface area contributed by atoms with E-state index in [9.17, 15) is 4.79 Å². The summed E-state index contributed by atoms with van der Waals surface area (Å²) in [6.45, 7) is 0.566. The van der Waals surface area contributed by atoms with E-state index in [0.717, 1.165) is 25.7 Å². The predicted octanol–water partition coefficient (Wildman–Crippen LogP) is 2.58. The standard InChI is InChI=1S/C9H15N3O2/c10-12-11-6-8-3-1-7(2-4-8)5-9(13)14/h7-8H,1-6H2,(H,13,14). The number of carbonyl (C=O) groups is 1. The number of aliphatic carboxylic acids is 1. The first kappa shape index (κ1) is 10.9. The van der Waals surface area contributed by atoms with Crippen LogP contribution < -0.4 is 0 Å². The van der Waals surface area contributed by atoms with Gasteiger partial charge < -0.3 is 5.11 Å². The number of hydrogen-bond acceptors (Lipinski definition) is 2. The number of carboxylic acid groups (broad SMARTS) is 1. The Morgan fingerprint density at radius 1 is 1.36 bits per heavy atom. The highest BCUT2D eigenvalue weighted by atomic mass is 16.4. The van der Waals surface area contributed by atoms with Crippen molar-refractivity contribution < 1.29 is 9.90 Å². The molecule has 1 N–H and O–H groups in total. The quantitative estimate of drug-likeness (QED) is 0.426. The molecule has 0 atom stereocenters. The second kappa shape index (κ2) is 5.50. The average molecular weight is 197 g/mol. The van der Waals surface area contributed by atoms with Gasteiger partial charge >= 0.3 is 5.97 Å². The SMILES string of the molecule is [N-]=[N+]=NCC1CCC(CC(=O)O)CC1. The molecule has 0 aromatic carbocycles. The Morgan fingerprint density at radius 2 is 1.93 bits per heavy atom. The Kier molecular flexibility index (Phi) is 4.26. The molecule has 78 valence electrons. The summed E-state index contributed by atoms with van der Waals surface area (Å²) >= 11 is 0. The molecule has 1 aliphatic carbocycles. The highest BCUT2D eigenvalue weighted by Gasteiger charge is 2.22. The fourth-order valence-electron chi connectivity index (χ4n) is 2.02. The van der Waals surface area contributed by atoms with Crippen LogP contribution >= 0.6 is 0 Å². The molecule has 0 aromatic heterocycles. The third-order valence-corrected chi connectivity index (χ3v) is 2.83. The Labute approximate surface area is 82.7 Å². The van der Waals surface area contributed by atoms with Crippen LogP contribution in [-0.4, -0.2) is 17.6 Å². The minimum atomic E-state index is -0.705. The molecule has 0 bridgehead atoms. The van der Waals surface area contributed by atoms with Gasteiger partial charge in [0.05, 0.1) is 0 Å². The van der Waals surface area contributed by atoms with E-state index in [2.05, 4.69) is 10.0 Å². The molecule has 0 unspecified atom stereocenters. The minimum absolute atomic E-state index is 0.286. The van der Waals surface area contributed by atoms with Gasteiger partial charge in [0.2, 0.25) is 0 Å². The fourth-order valence-corrected chi connectivity index (χ4v) is 2.02. The van der Waals surface area contributed by atoms with Crippen molar-refractivity contribution in [2.45, 2.75) is 32.1 Å². The maximum atomic E-state index is 10.5. The fraction of sp³-hybridized carbons (Fsp3) is 0.889. The van der Waals surface area contributed by atoms with Crippen LogP contribution in [0.1, 0.15) is 32.1 Å². The summed E-state index contributed by atoms with van der Waals surface area (Å²) in [7, 11) is 0. The average Bonchev–Trinajstić information content (AvgIpc) is 2.16. The number of nitrogens with zero attached hydrogens (tertiary/aromatic N) is 3. The van der Waals surface area contributed by atoms with Crippen LogP contribution in [0.25, 0.3) is 10.4 Å². The molecule has 0 amide bonds. The van der Waals surface area contributed by atoms with Gasteiger partial charge in [-0.2, -0.15) is 0 Å². The maximum absolute atomic E-state index is 10.5. The molecule has 0 radical (unpaired) electrons. The van der Waals surface area contributed by atoms with E-state index in [-0.39, 0.29) is 6.42 Å². The first-order valence-corrected chi connectivity index (χ1v) is 4.95. The van der Waals surface area contributed by atoms with Crippen molar-refractivity contribution in [3.63, 3.8) is 0 Å². The van der Waals surface area contributed by atoms with Crippen LogP contribution in [-0.2, 0) is 4.79 Å². The zero-order chi connectivity index (χ0) is 10.4. The normalized spacial score (nSPS) is 26.6. The van der Waals surface area contributed by atoms with Gasteiger partial charge in [-0.05, 0) is 30.2 Å². The van der Waals surface area contributed by atoms with Gasteiger partial charge in [-0.25, -0.2) is 0 Å². The third kappa shape index (κ3) is 3.66. The molecule has 0 spiro atoms. The number of carboxylic acids is 1. The molecule has 14 heavy (non-hydrogen) atoms. The smallest absolute Gasteiger partial charge is 0.303 e. The molecule has 1 fully saturated rings. The third-order valence-electron chi connectivity index (χ3n) is 2.83. The highest BCUT2D eigenvalue weighted by molar-refractivity contribution is 5.67. The summed E-state index contributed by atoms with van der Waals surface area (Å²) in [4.78, 5) is 13.2. The van der Waals surface area contributed by atoms with Crippen LogP contribution in [0.5, 0.6) is 0 Å². The lowest BCUT2D eigenvalue weighted by molar-refractivity contribution is -0.138. The molecule has 0 aromatic rings. The van der Waals surface area contributed by atoms with Crippen LogP contribution in [0.3, 0.4) is 0 Å². The van der Waals surface area contributed by atoms with Crippen molar-refractivity contribution in [3.05, 3.63) is 10.4 Å². The second-order valence-corrected chi connectivity index (χ2v) is 3.90. The molecule has 0 aliphatic heterocycles. The summed E-state index contributed by atoms with van der Waals surface area (Å²) in [5.74, 6) is 0.0919. The van der Waals surface area contributed by atoms with Gasteiger partial charge in [0, 0.05) is 17.9 Å². The lowest BCUT2D eigenvalue weighted by Crippen LogP contribution is -2.18. The van der Waals surface area contributed by atoms with Crippen LogP contribution in [0.2, 0.25) is 0 Å². The van der Waals surface area contributed by atoms with Crippen molar-refractivity contribution >= 4 is 5.97 Å². The first-order valence-electron chi connectivity index (χ1n) is 4.95. The van der Waals surface area contributed by atoms with Crippen molar-refractivity contribution in [2.24, 2.45) is 17.0 Å². The molecule has 0 heterocycles. The van der Waals surface area contributed by atoms with Crippen molar-refractivity contribution in [1.29, 1.82) is 0 Å². The largest absolute Gasteiger partial charge is 0.481 e. The van der Waals surface area contributed by atoms with Gasteiger partial charge in [-0.3, -0.25) is 4.79 Å². The zero-order valence-corrected chi connectivity index (χ0v) is 8.09. The van der Waals surface area contributed by atoms with E-state index < -0.39 is 5.97 Å². The molecule has 5 nitrogen and oxygen atoms in total. The molecule has 5 heteroatoms. The predicted molar refractivity (Wildman–Crippen MR) is 51.7 cm³/mol. The lowest BCUT2D eigenvalue weighted by Gasteiger charge is -2.26. The number of azide groups is 1. The molecular formula is C9H15N3O2. The lowest BCUT2D eigenvalue weighted by atomic mass is 9.80. The zero-order valence-electron chi connectivity index (χ0n) is 8.09. The first-order chi connectivity index (χ1) is 6.72. The van der Waals surface area contributed by atoms with E-state index in [1.165, 1.54) is 0 Å². The minimum Gasteiger partial charge on any atom is -0.481 e. The van der Waals surface area contributed by atoms with E-state index in [4.69, 9.17) is 10.6 Å². The van der Waals surface area contributed by atoms with Gasteiger partial charge in [-0.1, -0.05) is 18.0 Å². The van der Waals surface area contributed by atoms with E-state index in [1.54, 1.807) is 0 Å². The summed E-state index contributed by atoms with van der Waals surface area (Å²) in [6, 6.07) is 0. The summed E-state index contributed by atoms with van der Waals surface area (Å²) in [5, 5.41) is 12.2. The van der Waals surface area contributed by atoms with Gasteiger partial charge in [0.25, 0.3) is 0 Å². The Hall–Kier alpha value is -1.22. The Balaban J connectivity index is 2.23. The molecule has 1 aliphatic rings. The summed E-state index contributed by atoms with van der Waals surface area (Å²) in [6.07, 6.45) is 4.19. The highest BCUT2D eigenvalue weighted by Crippen LogP contribution is 2.30. The maximum Gasteiger partial charge on any atom is 0.303 e. The van der Waals surface area contributed by atoms with Crippen molar-refractivity contribution in [3.8, 4) is 0 Å². The van der Waals surface area contributed by atoms with Crippen LogP contribution in [0.4, 0.5) is 0 Å². The van der Waals surface area contributed by atoms with Gasteiger partial charge in [-0.15, -0.1) is 0 Å². The summed E-state index contributed by atoms with van der Waals surface area (Å²) in [5.41, 5.74) is 8.15. The Morgan fingerprint density at radius 3 is 2.43 bits per heavy atom. The van der Waals surface area contributed by atoms with Gasteiger partial charge in [0.1, 0.15) is 0 Å². The van der Waals surface area contributed by atoms with E-state index in [0.29, 0.717) is 18.4 Å². The number of rotatable bonds is 4. The van der Waals surface area contributed by atoms with Crippen molar-refractivity contribution in [2.75, 3.05) is 6.54 Å². The molecule has 1 saturated carbocycles. The monoisotopic (exact) mass is 197 g/mol. The van der Waals surface area contributed by atoms with Gasteiger partial charge in [0.15, 0.2) is 0 Å². The van der Waals surface area contributed by atoms with E-state index >= 15 is 0 Å². The topological polar surface area (TPSA) is 86.1 Å². The van der Waals surface area contributed by atoms with Crippen LogP contribution in [0.15, 0.2) is 5.11 Å². The van der Waals surface area contributed by atoms with E-state index in [1.807, 2.05) is 0 Å². The van der Waals surface area contributed by atoms with Crippen LogP contribution in [0, 0.1) is 11.8 Å². The molecular weight excluding hydrogens is 182 g/mol. The Bertz CT molecular complexity index is 228.